The summed E-state index contributed by atoms with van der Waals surface area (Å²) in [6.45, 7) is 1.99. The molecular weight excluding hydrogens is 264 g/mol. The molecule has 0 aliphatic heterocycles. The van der Waals surface area contributed by atoms with E-state index in [2.05, 4.69) is 10.3 Å². The molecule has 102 valence electrons. The summed E-state index contributed by atoms with van der Waals surface area (Å²) in [6, 6.07) is 7.50. The lowest BCUT2D eigenvalue weighted by Gasteiger charge is -2.26. The maximum atomic E-state index is 9.26. The highest BCUT2D eigenvalue weighted by Gasteiger charge is 2.21. The summed E-state index contributed by atoms with van der Waals surface area (Å²) in [4.78, 5) is 4.34. The first kappa shape index (κ1) is 14.2. The maximum absolute atomic E-state index is 9.26. The van der Waals surface area contributed by atoms with Crippen molar-refractivity contribution < 1.29 is 10.2 Å². The van der Waals surface area contributed by atoms with Crippen LogP contribution in [0.3, 0.4) is 0 Å². The Morgan fingerprint density at radius 1 is 1.26 bits per heavy atom. The molecule has 1 heterocycles. The summed E-state index contributed by atoms with van der Waals surface area (Å²) < 4.78 is 0. The molecular formula is C14H17ClN2O2. The number of rotatable bonds is 5. The van der Waals surface area contributed by atoms with Crippen LogP contribution in [0.15, 0.2) is 30.5 Å². The van der Waals surface area contributed by atoms with Crippen LogP contribution in [-0.2, 0) is 6.54 Å². The van der Waals surface area contributed by atoms with Crippen molar-refractivity contribution >= 4 is 22.5 Å². The molecule has 2 aromatic rings. The number of aromatic nitrogens is 1. The van der Waals surface area contributed by atoms with Crippen molar-refractivity contribution in [2.45, 2.75) is 19.0 Å². The normalized spacial score (nSPS) is 12.0. The Hall–Kier alpha value is -1.20. The van der Waals surface area contributed by atoms with E-state index in [-0.39, 0.29) is 13.2 Å². The SMILES string of the molecule is CC(CO)(CO)NCc1ccc(Cl)c2cccnc12. The molecule has 1 aromatic heterocycles. The van der Waals surface area contributed by atoms with Gasteiger partial charge in [0.15, 0.2) is 0 Å². The largest absolute Gasteiger partial charge is 0.394 e. The molecule has 0 aliphatic rings. The fraction of sp³-hybridized carbons (Fsp3) is 0.357. The van der Waals surface area contributed by atoms with Crippen molar-refractivity contribution in [3.63, 3.8) is 0 Å². The second-order valence-electron chi connectivity index (χ2n) is 4.84. The third-order valence-corrected chi connectivity index (χ3v) is 3.53. The van der Waals surface area contributed by atoms with Crippen molar-refractivity contribution in [3.05, 3.63) is 41.0 Å². The minimum Gasteiger partial charge on any atom is -0.394 e. The molecule has 0 spiro atoms. The number of nitrogens with one attached hydrogen (secondary N) is 1. The van der Waals surface area contributed by atoms with Crippen molar-refractivity contribution in [1.29, 1.82) is 0 Å². The van der Waals surface area contributed by atoms with Crippen LogP contribution in [0.2, 0.25) is 5.02 Å². The van der Waals surface area contributed by atoms with E-state index in [1.54, 1.807) is 13.1 Å². The van der Waals surface area contributed by atoms with Gasteiger partial charge in [0, 0.05) is 23.2 Å². The van der Waals surface area contributed by atoms with E-state index >= 15 is 0 Å². The summed E-state index contributed by atoms with van der Waals surface area (Å²) in [5.41, 5.74) is 1.11. The van der Waals surface area contributed by atoms with Crippen LogP contribution in [0.25, 0.3) is 10.9 Å². The van der Waals surface area contributed by atoms with Crippen molar-refractivity contribution in [1.82, 2.24) is 10.3 Å². The number of fused-ring (bicyclic) bond motifs is 1. The lowest BCUT2D eigenvalue weighted by atomic mass is 10.0. The van der Waals surface area contributed by atoms with Crippen LogP contribution >= 0.6 is 11.6 Å². The van der Waals surface area contributed by atoms with Gasteiger partial charge in [-0.25, -0.2) is 0 Å². The van der Waals surface area contributed by atoms with E-state index in [1.807, 2.05) is 24.3 Å². The van der Waals surface area contributed by atoms with Crippen LogP contribution in [0.1, 0.15) is 12.5 Å². The average molecular weight is 281 g/mol. The predicted molar refractivity (Wildman–Crippen MR) is 76.2 cm³/mol. The van der Waals surface area contributed by atoms with Gasteiger partial charge in [-0.3, -0.25) is 4.98 Å². The number of benzene rings is 1. The quantitative estimate of drug-likeness (QED) is 0.780. The molecule has 3 N–H and O–H groups in total. The van der Waals surface area contributed by atoms with Crippen LogP contribution < -0.4 is 5.32 Å². The second-order valence-corrected chi connectivity index (χ2v) is 5.24. The van der Waals surface area contributed by atoms with Crippen molar-refractivity contribution in [2.24, 2.45) is 0 Å². The topological polar surface area (TPSA) is 65.4 Å². The van der Waals surface area contributed by atoms with E-state index in [9.17, 15) is 10.2 Å². The zero-order valence-corrected chi connectivity index (χ0v) is 11.5. The van der Waals surface area contributed by atoms with Gasteiger partial charge in [0.2, 0.25) is 0 Å². The third kappa shape index (κ3) is 3.04. The monoisotopic (exact) mass is 280 g/mol. The molecule has 0 fully saturated rings. The van der Waals surface area contributed by atoms with E-state index in [0.717, 1.165) is 16.5 Å². The highest BCUT2D eigenvalue weighted by molar-refractivity contribution is 6.35. The molecule has 19 heavy (non-hydrogen) atoms. The Morgan fingerprint density at radius 2 is 2.00 bits per heavy atom. The van der Waals surface area contributed by atoms with Gasteiger partial charge in [0.25, 0.3) is 0 Å². The lowest BCUT2D eigenvalue weighted by Crippen LogP contribution is -2.48. The van der Waals surface area contributed by atoms with E-state index in [0.29, 0.717) is 11.6 Å². The molecule has 0 saturated heterocycles. The number of hydrogen-bond acceptors (Lipinski definition) is 4. The highest BCUT2D eigenvalue weighted by atomic mass is 35.5. The molecule has 0 unspecified atom stereocenters. The standard InChI is InChI=1S/C14H17ClN2O2/c1-14(8-18,9-19)17-7-10-4-5-12(15)11-3-2-6-16-13(10)11/h2-6,17-19H,7-9H2,1H3. The van der Waals surface area contributed by atoms with Gasteiger partial charge in [-0.15, -0.1) is 0 Å². The molecule has 0 radical (unpaired) electrons. The zero-order chi connectivity index (χ0) is 13.9. The van der Waals surface area contributed by atoms with Gasteiger partial charge in [-0.1, -0.05) is 17.7 Å². The van der Waals surface area contributed by atoms with Crippen LogP contribution in [0.5, 0.6) is 0 Å². The highest BCUT2D eigenvalue weighted by Crippen LogP contribution is 2.24. The van der Waals surface area contributed by atoms with E-state index in [4.69, 9.17) is 11.6 Å². The molecule has 0 atom stereocenters. The Morgan fingerprint density at radius 3 is 2.68 bits per heavy atom. The first-order chi connectivity index (χ1) is 9.09. The number of aliphatic hydroxyl groups excluding tert-OH is 2. The van der Waals surface area contributed by atoms with Gasteiger partial charge >= 0.3 is 0 Å². The molecule has 4 nitrogen and oxygen atoms in total. The van der Waals surface area contributed by atoms with Gasteiger partial charge in [0.1, 0.15) is 0 Å². The Labute approximate surface area is 117 Å². The number of halogens is 1. The summed E-state index contributed by atoms with van der Waals surface area (Å²) in [6.07, 6.45) is 1.72. The minimum absolute atomic E-state index is 0.136. The fourth-order valence-electron chi connectivity index (χ4n) is 1.81. The first-order valence-electron chi connectivity index (χ1n) is 6.08. The smallest absolute Gasteiger partial charge is 0.0761 e. The Bertz CT molecular complexity index is 570. The molecule has 0 bridgehead atoms. The lowest BCUT2D eigenvalue weighted by molar-refractivity contribution is 0.103. The zero-order valence-electron chi connectivity index (χ0n) is 10.7. The fourth-order valence-corrected chi connectivity index (χ4v) is 2.02. The van der Waals surface area contributed by atoms with Gasteiger partial charge in [0.05, 0.1) is 24.3 Å². The third-order valence-electron chi connectivity index (χ3n) is 3.20. The first-order valence-corrected chi connectivity index (χ1v) is 6.46. The summed E-state index contributed by atoms with van der Waals surface area (Å²) in [5, 5.41) is 23.2. The number of aliphatic hydroxyl groups is 2. The molecule has 0 amide bonds. The number of pyridine rings is 1. The van der Waals surface area contributed by atoms with Gasteiger partial charge in [-0.2, -0.15) is 0 Å². The molecule has 5 heteroatoms. The van der Waals surface area contributed by atoms with Gasteiger partial charge < -0.3 is 15.5 Å². The van der Waals surface area contributed by atoms with E-state index < -0.39 is 5.54 Å². The van der Waals surface area contributed by atoms with Crippen molar-refractivity contribution in [2.75, 3.05) is 13.2 Å². The van der Waals surface area contributed by atoms with Crippen LogP contribution in [0, 0.1) is 0 Å². The number of hydrogen-bond donors (Lipinski definition) is 3. The Kier molecular flexibility index (Phi) is 4.37. The second kappa shape index (κ2) is 5.84. The van der Waals surface area contributed by atoms with Crippen LogP contribution in [0.4, 0.5) is 0 Å². The summed E-state index contributed by atoms with van der Waals surface area (Å²) in [5.74, 6) is 0. The maximum Gasteiger partial charge on any atom is 0.0761 e. The van der Waals surface area contributed by atoms with Crippen molar-refractivity contribution in [3.8, 4) is 0 Å². The molecule has 1 aromatic carbocycles. The summed E-state index contributed by atoms with van der Waals surface area (Å²) in [7, 11) is 0. The molecule has 0 saturated carbocycles. The Balaban J connectivity index is 2.29. The average Bonchev–Trinajstić information content (AvgIpc) is 2.46. The minimum atomic E-state index is -0.708. The molecule has 2 rings (SSSR count). The van der Waals surface area contributed by atoms with Crippen LogP contribution in [-0.4, -0.2) is 33.9 Å². The predicted octanol–water partition coefficient (Wildman–Crippen LogP) is 1.72. The van der Waals surface area contributed by atoms with Gasteiger partial charge in [-0.05, 0) is 30.7 Å². The number of nitrogens with zero attached hydrogens (tertiary/aromatic N) is 1. The molecule has 0 aliphatic carbocycles. The van der Waals surface area contributed by atoms with E-state index in [1.165, 1.54) is 0 Å². The summed E-state index contributed by atoms with van der Waals surface area (Å²) >= 11 is 6.13.